The van der Waals surface area contributed by atoms with E-state index in [0.29, 0.717) is 11.6 Å². The minimum absolute atomic E-state index is 0.306. The van der Waals surface area contributed by atoms with Gasteiger partial charge in [-0.15, -0.1) is 5.06 Å². The zero-order valence-electron chi connectivity index (χ0n) is 12.1. The summed E-state index contributed by atoms with van der Waals surface area (Å²) in [4.78, 5) is 0. The van der Waals surface area contributed by atoms with Crippen LogP contribution in [0.5, 0.6) is 0 Å². The van der Waals surface area contributed by atoms with E-state index in [0.717, 1.165) is 26.2 Å². The normalized spacial score (nSPS) is 12.3. The first-order valence-electron chi connectivity index (χ1n) is 7.39. The highest BCUT2D eigenvalue weighted by Crippen LogP contribution is 2.11. The van der Waals surface area contributed by atoms with Crippen LogP contribution in [0.3, 0.4) is 0 Å². The lowest BCUT2D eigenvalue weighted by molar-refractivity contribution is -0.351. The first-order valence-corrected chi connectivity index (χ1v) is 7.39. The average molecular weight is 261 g/mol. The van der Waals surface area contributed by atoms with E-state index in [1.807, 2.05) is 0 Å². The summed E-state index contributed by atoms with van der Waals surface area (Å²) in [5.41, 5.74) is 0. The van der Waals surface area contributed by atoms with Crippen molar-refractivity contribution < 1.29 is 15.4 Å². The van der Waals surface area contributed by atoms with Gasteiger partial charge < -0.3 is 15.4 Å². The van der Waals surface area contributed by atoms with E-state index in [1.165, 1.54) is 44.9 Å². The fourth-order valence-corrected chi connectivity index (χ4v) is 1.96. The molecular weight excluding hydrogens is 230 g/mol. The smallest absolute Gasteiger partial charge is 0.243 e. The molecule has 4 heteroatoms. The van der Waals surface area contributed by atoms with Crippen LogP contribution in [0.25, 0.3) is 0 Å². The Morgan fingerprint density at radius 1 is 0.778 bits per heavy atom. The Hall–Kier alpha value is -0.160. The average Bonchev–Trinajstić information content (AvgIpc) is 2.30. The van der Waals surface area contributed by atoms with Crippen molar-refractivity contribution in [1.82, 2.24) is 5.06 Å². The Kier molecular flexibility index (Phi) is 10.6. The summed E-state index contributed by atoms with van der Waals surface area (Å²) in [6.45, 7) is 3.69. The minimum atomic E-state index is -2.11. The van der Waals surface area contributed by atoms with Crippen LogP contribution in [0.1, 0.15) is 78.1 Å². The molecule has 110 valence electrons. The highest BCUT2D eigenvalue weighted by atomic mass is 16.6. The fraction of sp³-hybridized carbons (Fsp3) is 1.00. The van der Waals surface area contributed by atoms with E-state index >= 15 is 0 Å². The van der Waals surface area contributed by atoms with Crippen LogP contribution in [0.2, 0.25) is 0 Å². The third kappa shape index (κ3) is 11.0. The third-order valence-corrected chi connectivity index (χ3v) is 3.21. The van der Waals surface area contributed by atoms with Gasteiger partial charge in [0.25, 0.3) is 0 Å². The second-order valence-electron chi connectivity index (χ2n) is 5.28. The Morgan fingerprint density at radius 3 is 1.56 bits per heavy atom. The van der Waals surface area contributed by atoms with Crippen molar-refractivity contribution >= 4 is 0 Å². The lowest BCUT2D eigenvalue weighted by Gasteiger charge is -2.25. The first kappa shape index (κ1) is 17.8. The number of hydrogen-bond acceptors (Lipinski definition) is 4. The van der Waals surface area contributed by atoms with Crippen molar-refractivity contribution in [2.45, 2.75) is 84.0 Å². The molecule has 0 atom stereocenters. The Morgan fingerprint density at radius 2 is 1.17 bits per heavy atom. The topological polar surface area (TPSA) is 63.9 Å². The lowest BCUT2D eigenvalue weighted by Crippen LogP contribution is -2.44. The van der Waals surface area contributed by atoms with Crippen molar-refractivity contribution in [3.63, 3.8) is 0 Å². The number of hydrogen-bond donors (Lipinski definition) is 3. The van der Waals surface area contributed by atoms with E-state index in [-0.39, 0.29) is 0 Å². The van der Waals surface area contributed by atoms with Crippen molar-refractivity contribution in [3.8, 4) is 0 Å². The Bertz CT molecular complexity index is 180. The number of hydroxylamine groups is 2. The second kappa shape index (κ2) is 10.7. The molecule has 0 spiro atoms. The summed E-state index contributed by atoms with van der Waals surface area (Å²) in [6, 6.07) is 0. The maximum atomic E-state index is 9.24. The van der Waals surface area contributed by atoms with E-state index < -0.39 is 5.91 Å². The van der Waals surface area contributed by atoms with Gasteiger partial charge in [0, 0.05) is 13.5 Å². The molecule has 0 unspecified atom stereocenters. The molecule has 0 saturated heterocycles. The monoisotopic (exact) mass is 261 g/mol. The van der Waals surface area contributed by atoms with E-state index in [4.69, 9.17) is 10.2 Å². The third-order valence-electron chi connectivity index (χ3n) is 3.21. The molecule has 0 aliphatic carbocycles. The van der Waals surface area contributed by atoms with Gasteiger partial charge in [0.1, 0.15) is 0 Å². The molecular formula is C14H31NO3. The fourth-order valence-electron chi connectivity index (χ4n) is 1.96. The van der Waals surface area contributed by atoms with Gasteiger partial charge in [0.2, 0.25) is 5.91 Å². The van der Waals surface area contributed by atoms with Crippen LogP contribution in [-0.2, 0) is 0 Å². The quantitative estimate of drug-likeness (QED) is 0.287. The number of rotatable bonds is 12. The first-order chi connectivity index (χ1) is 8.48. The summed E-state index contributed by atoms with van der Waals surface area (Å²) < 4.78 is 0. The van der Waals surface area contributed by atoms with Crippen molar-refractivity contribution in [3.05, 3.63) is 0 Å². The molecule has 0 fully saturated rings. The van der Waals surface area contributed by atoms with Crippen LogP contribution in [0.4, 0.5) is 0 Å². The van der Waals surface area contributed by atoms with Crippen molar-refractivity contribution in [2.24, 2.45) is 0 Å². The molecule has 0 amide bonds. The number of aliphatic hydroxyl groups is 2. The number of unbranched alkanes of at least 4 members (excludes halogenated alkanes) is 9. The predicted molar refractivity (Wildman–Crippen MR) is 73.2 cm³/mol. The molecule has 0 aliphatic rings. The molecule has 0 rings (SSSR count). The van der Waals surface area contributed by atoms with Crippen molar-refractivity contribution in [1.29, 1.82) is 0 Å². The molecule has 4 nitrogen and oxygen atoms in total. The van der Waals surface area contributed by atoms with Crippen LogP contribution in [0, 0.1) is 0 Å². The van der Waals surface area contributed by atoms with E-state index in [9.17, 15) is 5.21 Å². The molecule has 0 bridgehead atoms. The van der Waals surface area contributed by atoms with Gasteiger partial charge >= 0.3 is 0 Å². The van der Waals surface area contributed by atoms with Gasteiger partial charge in [-0.1, -0.05) is 64.7 Å². The summed E-state index contributed by atoms with van der Waals surface area (Å²) >= 11 is 0. The highest BCUT2D eigenvalue weighted by molar-refractivity contribution is 4.53. The molecule has 0 aromatic carbocycles. The maximum absolute atomic E-state index is 9.24. The zero-order chi connectivity index (χ0) is 13.9. The van der Waals surface area contributed by atoms with Gasteiger partial charge in [0.05, 0.1) is 0 Å². The van der Waals surface area contributed by atoms with E-state index in [2.05, 4.69) is 6.92 Å². The molecule has 0 heterocycles. The van der Waals surface area contributed by atoms with Gasteiger partial charge in [-0.3, -0.25) is 0 Å². The van der Waals surface area contributed by atoms with Crippen molar-refractivity contribution in [2.75, 3.05) is 6.54 Å². The predicted octanol–water partition coefficient (Wildman–Crippen LogP) is 3.26. The van der Waals surface area contributed by atoms with Gasteiger partial charge in [-0.05, 0) is 6.42 Å². The molecule has 0 aromatic rings. The van der Waals surface area contributed by atoms with Crippen LogP contribution < -0.4 is 0 Å². The lowest BCUT2D eigenvalue weighted by atomic mass is 10.1. The standard InChI is InChI=1S/C14H31NO3/c1-3-4-5-6-7-8-9-10-11-12-13-15(18)14(2,16)17/h16-18H,3-13H2,1-2H3. The van der Waals surface area contributed by atoms with Gasteiger partial charge in [-0.2, -0.15) is 0 Å². The summed E-state index contributed by atoms with van der Waals surface area (Å²) in [5.74, 6) is -2.11. The number of nitrogens with zero attached hydrogens (tertiary/aromatic N) is 1. The van der Waals surface area contributed by atoms with Crippen LogP contribution in [0.15, 0.2) is 0 Å². The second-order valence-corrected chi connectivity index (χ2v) is 5.28. The molecule has 3 N–H and O–H groups in total. The molecule has 18 heavy (non-hydrogen) atoms. The van der Waals surface area contributed by atoms with Crippen LogP contribution in [-0.4, -0.2) is 32.9 Å². The highest BCUT2D eigenvalue weighted by Gasteiger charge is 2.23. The minimum Gasteiger partial charge on any atom is -0.352 e. The largest absolute Gasteiger partial charge is 0.352 e. The Balaban J connectivity index is 3.17. The molecule has 0 radical (unpaired) electrons. The van der Waals surface area contributed by atoms with E-state index in [1.54, 1.807) is 0 Å². The SMILES string of the molecule is CCCCCCCCCCCCN(O)C(C)(O)O. The van der Waals surface area contributed by atoms with Gasteiger partial charge in [0.15, 0.2) is 0 Å². The molecule has 0 saturated carbocycles. The zero-order valence-corrected chi connectivity index (χ0v) is 12.1. The van der Waals surface area contributed by atoms with Crippen LogP contribution >= 0.6 is 0 Å². The summed E-state index contributed by atoms with van der Waals surface area (Å²) in [5, 5.41) is 27.9. The maximum Gasteiger partial charge on any atom is 0.243 e. The molecule has 0 aliphatic heterocycles. The summed E-state index contributed by atoms with van der Waals surface area (Å²) in [7, 11) is 0. The Labute approximate surface area is 112 Å². The molecule has 0 aromatic heterocycles. The van der Waals surface area contributed by atoms with Gasteiger partial charge in [-0.25, -0.2) is 0 Å². The summed E-state index contributed by atoms with van der Waals surface area (Å²) in [6.07, 6.45) is 12.2.